The van der Waals surface area contributed by atoms with E-state index in [2.05, 4.69) is 247 Å². The van der Waals surface area contributed by atoms with E-state index < -0.39 is 5.41 Å². The van der Waals surface area contributed by atoms with Crippen molar-refractivity contribution in [1.29, 1.82) is 5.41 Å². The lowest BCUT2D eigenvalue weighted by Crippen LogP contribution is -2.41. The molecule has 0 bridgehead atoms. The monoisotopic (exact) mass is 857 g/mol. The zero-order chi connectivity index (χ0) is 44.7. The molecule has 3 nitrogen and oxygen atoms in total. The van der Waals surface area contributed by atoms with E-state index in [1.807, 2.05) is 12.1 Å². The highest BCUT2D eigenvalue weighted by Crippen LogP contribution is 2.62. The molecule has 3 heteroatoms. The second-order valence-corrected chi connectivity index (χ2v) is 17.6. The number of fused-ring (bicyclic) bond motifs is 8. The van der Waals surface area contributed by atoms with Gasteiger partial charge >= 0.3 is 0 Å². The molecule has 67 heavy (non-hydrogen) atoms. The fourth-order valence-electron chi connectivity index (χ4n) is 10.7. The molecule has 0 aromatic heterocycles. The SMILES string of the molecule is N=C(/C=C(\Cc1ccccc1)c1ccc(-c2cccc(-c3ccc4c(c3)C3(C5=C4C=CCN5)c4ccccc4N(c4ccccc4)c4ccccc43)c2)cc1)c1ccc(-c2ccccc2)cc1. The van der Waals surface area contributed by atoms with Crippen LogP contribution in [0.2, 0.25) is 0 Å². The van der Waals surface area contributed by atoms with Crippen LogP contribution in [0, 0.1) is 5.41 Å². The van der Waals surface area contributed by atoms with Crippen molar-refractivity contribution in [2.45, 2.75) is 11.8 Å². The number of benzene rings is 9. The molecule has 1 spiro atoms. The predicted molar refractivity (Wildman–Crippen MR) is 279 cm³/mol. The number of nitrogens with one attached hydrogen (secondary N) is 2. The minimum absolute atomic E-state index is 0.495. The maximum absolute atomic E-state index is 9.22. The fourth-order valence-corrected chi connectivity index (χ4v) is 10.7. The summed E-state index contributed by atoms with van der Waals surface area (Å²) in [4.78, 5) is 2.43. The lowest BCUT2D eigenvalue weighted by Gasteiger charge is -2.46. The zero-order valence-corrected chi connectivity index (χ0v) is 37.0. The summed E-state index contributed by atoms with van der Waals surface area (Å²) in [7, 11) is 0. The van der Waals surface area contributed by atoms with Gasteiger partial charge in [0.1, 0.15) is 0 Å². The number of anilines is 3. The van der Waals surface area contributed by atoms with Gasteiger partial charge in [-0.15, -0.1) is 0 Å². The Hall–Kier alpha value is -8.53. The Labute approximate surface area is 392 Å². The van der Waals surface area contributed by atoms with Crippen LogP contribution in [0.15, 0.2) is 254 Å². The van der Waals surface area contributed by atoms with Gasteiger partial charge in [-0.05, 0) is 127 Å². The number of dihydropyridines is 1. The molecular formula is C64H47N3. The molecule has 318 valence electrons. The quantitative estimate of drug-likeness (QED) is 0.142. The highest BCUT2D eigenvalue weighted by atomic mass is 15.2. The Morgan fingerprint density at radius 2 is 1.01 bits per heavy atom. The minimum Gasteiger partial charge on any atom is -0.383 e. The molecule has 2 aliphatic heterocycles. The Kier molecular flexibility index (Phi) is 10.0. The van der Waals surface area contributed by atoms with Gasteiger partial charge in [-0.2, -0.15) is 0 Å². The maximum Gasteiger partial charge on any atom is 0.0901 e. The first kappa shape index (κ1) is 40.0. The molecule has 1 aliphatic carbocycles. The summed E-state index contributed by atoms with van der Waals surface area (Å²) < 4.78 is 0. The second kappa shape index (κ2) is 16.8. The minimum atomic E-state index is -0.537. The van der Waals surface area contributed by atoms with Crippen molar-refractivity contribution in [3.63, 3.8) is 0 Å². The number of rotatable bonds is 9. The summed E-state index contributed by atoms with van der Waals surface area (Å²) >= 11 is 0. The van der Waals surface area contributed by atoms with Gasteiger partial charge in [0, 0.05) is 23.5 Å². The van der Waals surface area contributed by atoms with Crippen LogP contribution in [0.4, 0.5) is 17.1 Å². The number of para-hydroxylation sites is 3. The van der Waals surface area contributed by atoms with Crippen LogP contribution in [0.3, 0.4) is 0 Å². The van der Waals surface area contributed by atoms with Crippen LogP contribution in [0.25, 0.3) is 44.5 Å². The van der Waals surface area contributed by atoms with Gasteiger partial charge in [0.15, 0.2) is 0 Å². The van der Waals surface area contributed by atoms with E-state index in [0.29, 0.717) is 5.71 Å². The zero-order valence-electron chi connectivity index (χ0n) is 37.0. The average molecular weight is 858 g/mol. The predicted octanol–water partition coefficient (Wildman–Crippen LogP) is 15.4. The standard InChI is InChI=1S/C64H47N3/c65-60(49-35-33-46(34-36-49)45-18-6-2-7-19-45)43-53(40-44-16-4-1-5-17-44)48-31-29-47(30-32-48)50-20-14-21-51(41-50)52-37-38-55-56-24-15-39-66-63(56)64(59(55)42-52)57-25-10-12-27-61(57)67(54-22-8-3-9-23-54)62-28-13-11-26-58(62)64/h1-38,41-43,65-66H,39-40H2/b53-43+,65-60?. The molecule has 0 saturated heterocycles. The molecule has 2 N–H and O–H groups in total. The molecule has 0 unspecified atom stereocenters. The van der Waals surface area contributed by atoms with Crippen LogP contribution >= 0.6 is 0 Å². The first-order chi connectivity index (χ1) is 33.1. The topological polar surface area (TPSA) is 39.1 Å². The van der Waals surface area contributed by atoms with E-state index in [1.165, 1.54) is 67.2 Å². The maximum atomic E-state index is 9.22. The number of hydrogen-bond donors (Lipinski definition) is 2. The van der Waals surface area contributed by atoms with Crippen molar-refractivity contribution < 1.29 is 0 Å². The summed E-state index contributed by atoms with van der Waals surface area (Å²) in [5.41, 5.74) is 22.4. The third-order valence-electron chi connectivity index (χ3n) is 13.8. The van der Waals surface area contributed by atoms with E-state index in [0.717, 1.165) is 52.0 Å². The molecule has 2 heterocycles. The molecule has 0 radical (unpaired) electrons. The molecule has 0 atom stereocenters. The summed E-state index contributed by atoms with van der Waals surface area (Å²) in [6.07, 6.45) is 7.34. The Morgan fingerprint density at radius 1 is 0.493 bits per heavy atom. The van der Waals surface area contributed by atoms with Crippen molar-refractivity contribution in [3.8, 4) is 33.4 Å². The van der Waals surface area contributed by atoms with Crippen molar-refractivity contribution in [3.05, 3.63) is 293 Å². The highest BCUT2D eigenvalue weighted by molar-refractivity contribution is 6.10. The summed E-state index contributed by atoms with van der Waals surface area (Å²) in [5.74, 6) is 0. The van der Waals surface area contributed by atoms with E-state index in [1.54, 1.807) is 0 Å². The van der Waals surface area contributed by atoms with Crippen LogP contribution in [-0.4, -0.2) is 12.3 Å². The molecule has 3 aliphatic rings. The van der Waals surface area contributed by atoms with Crippen LogP contribution in [0.1, 0.15) is 38.9 Å². The van der Waals surface area contributed by atoms with E-state index >= 15 is 0 Å². The molecule has 0 saturated carbocycles. The van der Waals surface area contributed by atoms with E-state index in [9.17, 15) is 5.41 Å². The molecule has 0 fully saturated rings. The van der Waals surface area contributed by atoms with Crippen LogP contribution < -0.4 is 10.2 Å². The van der Waals surface area contributed by atoms with Gasteiger partial charge in [-0.1, -0.05) is 206 Å². The summed E-state index contributed by atoms with van der Waals surface area (Å²) in [5, 5.41) is 13.1. The van der Waals surface area contributed by atoms with Crippen molar-refractivity contribution in [1.82, 2.24) is 5.32 Å². The van der Waals surface area contributed by atoms with Gasteiger partial charge in [-0.25, -0.2) is 0 Å². The average Bonchev–Trinajstić information content (AvgIpc) is 3.69. The molecular weight excluding hydrogens is 811 g/mol. The van der Waals surface area contributed by atoms with Crippen LogP contribution in [0.5, 0.6) is 0 Å². The number of hydrogen-bond acceptors (Lipinski definition) is 3. The third-order valence-corrected chi connectivity index (χ3v) is 13.8. The van der Waals surface area contributed by atoms with Gasteiger partial charge in [0.2, 0.25) is 0 Å². The highest BCUT2D eigenvalue weighted by Gasteiger charge is 2.53. The first-order valence-electron chi connectivity index (χ1n) is 23.2. The van der Waals surface area contributed by atoms with Gasteiger partial charge < -0.3 is 15.6 Å². The van der Waals surface area contributed by atoms with Crippen molar-refractivity contribution in [2.24, 2.45) is 0 Å². The van der Waals surface area contributed by atoms with Gasteiger partial charge in [0.25, 0.3) is 0 Å². The lowest BCUT2D eigenvalue weighted by molar-refractivity contribution is 0.659. The number of allylic oxidation sites excluding steroid dienone is 5. The summed E-state index contributed by atoms with van der Waals surface area (Å²) in [6.45, 7) is 0.782. The lowest BCUT2D eigenvalue weighted by atomic mass is 9.65. The summed E-state index contributed by atoms with van der Waals surface area (Å²) in [6, 6.07) is 83.0. The smallest absolute Gasteiger partial charge is 0.0901 e. The second-order valence-electron chi connectivity index (χ2n) is 17.6. The number of nitrogens with zero attached hydrogens (tertiary/aromatic N) is 1. The third kappa shape index (κ3) is 6.95. The molecule has 9 aromatic carbocycles. The van der Waals surface area contributed by atoms with E-state index in [-0.39, 0.29) is 0 Å². The fraction of sp³-hybridized carbons (Fsp3) is 0.0469. The Bertz CT molecular complexity index is 3370. The Balaban J connectivity index is 0.906. The first-order valence-corrected chi connectivity index (χ1v) is 23.2. The van der Waals surface area contributed by atoms with Gasteiger partial charge in [-0.3, -0.25) is 0 Å². The van der Waals surface area contributed by atoms with Crippen LogP contribution in [-0.2, 0) is 11.8 Å². The molecule has 0 amide bonds. The van der Waals surface area contributed by atoms with E-state index in [4.69, 9.17) is 0 Å². The molecule has 12 rings (SSSR count). The van der Waals surface area contributed by atoms with Crippen molar-refractivity contribution >= 4 is 33.9 Å². The van der Waals surface area contributed by atoms with Gasteiger partial charge in [0.05, 0.1) is 22.5 Å². The Morgan fingerprint density at radius 3 is 1.70 bits per heavy atom. The molecule has 9 aromatic rings. The largest absolute Gasteiger partial charge is 0.383 e. The normalized spacial score (nSPS) is 14.2. The van der Waals surface area contributed by atoms with Crippen molar-refractivity contribution in [2.75, 3.05) is 11.4 Å².